The van der Waals surface area contributed by atoms with Gasteiger partial charge in [-0.3, -0.25) is 4.68 Å². The highest BCUT2D eigenvalue weighted by Gasteiger charge is 2.13. The van der Waals surface area contributed by atoms with Gasteiger partial charge in [0.25, 0.3) is 0 Å². The van der Waals surface area contributed by atoms with E-state index in [2.05, 4.69) is 15.2 Å². The van der Waals surface area contributed by atoms with Crippen LogP contribution in [0.1, 0.15) is 11.3 Å². The van der Waals surface area contributed by atoms with Crippen molar-refractivity contribution in [3.05, 3.63) is 41.7 Å². The highest BCUT2D eigenvalue weighted by molar-refractivity contribution is 7.80. The number of halogens is 2. The molecule has 2 aromatic rings. The Labute approximate surface area is 138 Å². The predicted molar refractivity (Wildman–Crippen MR) is 88.7 cm³/mol. The zero-order chi connectivity index (χ0) is 17.0. The van der Waals surface area contributed by atoms with E-state index in [0.717, 1.165) is 11.3 Å². The van der Waals surface area contributed by atoms with E-state index in [0.29, 0.717) is 17.3 Å². The molecule has 0 unspecified atom stereocenters. The summed E-state index contributed by atoms with van der Waals surface area (Å²) in [5, 5.41) is 7.52. The Morgan fingerprint density at radius 1 is 1.43 bits per heavy atom. The molecule has 2 rings (SSSR count). The van der Waals surface area contributed by atoms with Gasteiger partial charge in [0.2, 0.25) is 0 Å². The van der Waals surface area contributed by atoms with Gasteiger partial charge in [0.1, 0.15) is 5.75 Å². The van der Waals surface area contributed by atoms with E-state index in [-0.39, 0.29) is 5.75 Å². The average molecular weight is 340 g/mol. The smallest absolute Gasteiger partial charge is 0.387 e. The number of aromatic nitrogens is 2. The molecule has 8 heteroatoms. The summed E-state index contributed by atoms with van der Waals surface area (Å²) in [5.74, 6) is 0.0517. The first-order chi connectivity index (χ1) is 10.9. The Morgan fingerprint density at radius 3 is 2.74 bits per heavy atom. The second-order valence-corrected chi connectivity index (χ2v) is 5.43. The topological polar surface area (TPSA) is 42.3 Å². The highest BCUT2D eigenvalue weighted by Crippen LogP contribution is 2.25. The molecular formula is C15H18F2N4OS. The summed E-state index contributed by atoms with van der Waals surface area (Å²) >= 11 is 5.33. The molecule has 0 fully saturated rings. The third-order valence-corrected chi connectivity index (χ3v) is 3.85. The summed E-state index contributed by atoms with van der Waals surface area (Å²) in [4.78, 5) is 1.80. The van der Waals surface area contributed by atoms with E-state index in [9.17, 15) is 8.78 Å². The summed E-state index contributed by atoms with van der Waals surface area (Å²) in [6.45, 7) is -0.357. The minimum atomic E-state index is -2.89. The maximum atomic E-state index is 12.4. The molecule has 0 atom stereocenters. The number of aryl methyl sites for hydroxylation is 1. The van der Waals surface area contributed by atoms with Crippen molar-refractivity contribution in [2.24, 2.45) is 7.05 Å². The van der Waals surface area contributed by atoms with Crippen LogP contribution >= 0.6 is 12.2 Å². The molecular weight excluding hydrogens is 322 g/mol. The Kier molecular flexibility index (Phi) is 5.49. The summed E-state index contributed by atoms with van der Waals surface area (Å²) in [6, 6.07) is 6.43. The molecule has 0 aliphatic heterocycles. The maximum Gasteiger partial charge on any atom is 0.387 e. The quantitative estimate of drug-likeness (QED) is 0.847. The van der Waals surface area contributed by atoms with Crippen molar-refractivity contribution in [1.29, 1.82) is 0 Å². The minimum Gasteiger partial charge on any atom is -0.433 e. The van der Waals surface area contributed by atoms with Crippen LogP contribution in [0.4, 0.5) is 14.5 Å². The van der Waals surface area contributed by atoms with Crippen molar-refractivity contribution in [1.82, 2.24) is 14.7 Å². The molecule has 1 N–H and O–H groups in total. The van der Waals surface area contributed by atoms with Gasteiger partial charge in [-0.1, -0.05) is 12.1 Å². The number of benzene rings is 1. The number of nitrogens with one attached hydrogen (secondary N) is 1. The van der Waals surface area contributed by atoms with Gasteiger partial charge in [0, 0.05) is 31.9 Å². The van der Waals surface area contributed by atoms with E-state index in [1.165, 1.54) is 6.07 Å². The number of alkyl halides is 2. The lowest BCUT2D eigenvalue weighted by molar-refractivity contribution is -0.0493. The van der Waals surface area contributed by atoms with Crippen LogP contribution in [-0.4, -0.2) is 33.5 Å². The molecule has 0 radical (unpaired) electrons. The van der Waals surface area contributed by atoms with E-state index < -0.39 is 6.61 Å². The first kappa shape index (κ1) is 17.1. The average Bonchev–Trinajstić information content (AvgIpc) is 2.80. The van der Waals surface area contributed by atoms with Gasteiger partial charge in [-0.05, 0) is 31.3 Å². The van der Waals surface area contributed by atoms with Gasteiger partial charge in [-0.25, -0.2) is 0 Å². The van der Waals surface area contributed by atoms with Crippen LogP contribution in [0.15, 0.2) is 30.5 Å². The number of hydrogen-bond acceptors (Lipinski definition) is 3. The van der Waals surface area contributed by atoms with Crippen LogP contribution < -0.4 is 10.1 Å². The molecule has 0 bridgehead atoms. The normalized spacial score (nSPS) is 10.7. The number of thiocarbonyl (C=S) groups is 1. The largest absolute Gasteiger partial charge is 0.433 e. The van der Waals surface area contributed by atoms with Crippen molar-refractivity contribution >= 4 is 23.0 Å². The van der Waals surface area contributed by atoms with Crippen LogP contribution in [0.2, 0.25) is 0 Å². The number of nitrogens with zero attached hydrogens (tertiary/aromatic N) is 3. The van der Waals surface area contributed by atoms with Gasteiger partial charge in [-0.15, -0.1) is 0 Å². The Bertz CT molecular complexity index is 690. The van der Waals surface area contributed by atoms with Gasteiger partial charge in [0.05, 0.1) is 11.9 Å². The molecule has 0 saturated carbocycles. The zero-order valence-electron chi connectivity index (χ0n) is 13.1. The molecule has 0 aliphatic carbocycles. The van der Waals surface area contributed by atoms with Gasteiger partial charge in [-0.2, -0.15) is 13.9 Å². The summed E-state index contributed by atoms with van der Waals surface area (Å²) in [5.41, 5.74) is 2.48. The Balaban J connectivity index is 2.05. The van der Waals surface area contributed by atoms with E-state index in [1.807, 2.05) is 21.0 Å². The zero-order valence-corrected chi connectivity index (χ0v) is 13.9. The first-order valence-electron chi connectivity index (χ1n) is 6.92. The fourth-order valence-corrected chi connectivity index (χ4v) is 2.18. The molecule has 0 amide bonds. The SMILES string of the molecule is Cc1c(CN(C)C(=S)Nc2ccccc2OC(F)F)cnn1C. The molecule has 23 heavy (non-hydrogen) atoms. The van der Waals surface area contributed by atoms with Crippen LogP contribution in [0.5, 0.6) is 5.75 Å². The molecule has 5 nitrogen and oxygen atoms in total. The number of rotatable bonds is 5. The number of anilines is 1. The highest BCUT2D eigenvalue weighted by atomic mass is 32.1. The number of hydrogen-bond donors (Lipinski definition) is 1. The lowest BCUT2D eigenvalue weighted by atomic mass is 10.2. The second-order valence-electron chi connectivity index (χ2n) is 5.04. The van der Waals surface area contributed by atoms with Crippen LogP contribution in [0.25, 0.3) is 0 Å². The summed E-state index contributed by atoms with van der Waals surface area (Å²) in [7, 11) is 3.69. The van der Waals surface area contributed by atoms with E-state index in [1.54, 1.807) is 34.0 Å². The first-order valence-corrected chi connectivity index (χ1v) is 7.32. The van der Waals surface area contributed by atoms with E-state index >= 15 is 0 Å². The maximum absolute atomic E-state index is 12.4. The van der Waals surface area contributed by atoms with Crippen molar-refractivity contribution in [2.75, 3.05) is 12.4 Å². The van der Waals surface area contributed by atoms with E-state index in [4.69, 9.17) is 12.2 Å². The number of para-hydroxylation sites is 2. The summed E-state index contributed by atoms with van der Waals surface area (Å²) in [6.07, 6.45) is 1.78. The van der Waals surface area contributed by atoms with Crippen molar-refractivity contribution in [2.45, 2.75) is 20.1 Å². The Morgan fingerprint density at radius 2 is 2.13 bits per heavy atom. The fourth-order valence-electron chi connectivity index (χ4n) is 2.01. The fraction of sp³-hybridized carbons (Fsp3) is 0.333. The van der Waals surface area contributed by atoms with Gasteiger partial charge >= 0.3 is 6.61 Å². The lowest BCUT2D eigenvalue weighted by Gasteiger charge is -2.22. The molecule has 0 spiro atoms. The molecule has 0 aliphatic rings. The molecule has 1 heterocycles. The molecule has 124 valence electrons. The van der Waals surface area contributed by atoms with Crippen LogP contribution in [0, 0.1) is 6.92 Å². The summed E-state index contributed by atoms with van der Waals surface area (Å²) < 4.78 is 31.1. The molecule has 1 aromatic carbocycles. The molecule has 1 aromatic heterocycles. The van der Waals surface area contributed by atoms with Gasteiger partial charge < -0.3 is 15.0 Å². The second kappa shape index (κ2) is 7.36. The third-order valence-electron chi connectivity index (χ3n) is 3.44. The van der Waals surface area contributed by atoms with Crippen molar-refractivity contribution in [3.8, 4) is 5.75 Å². The minimum absolute atomic E-state index is 0.0517. The third kappa shape index (κ3) is 4.38. The van der Waals surface area contributed by atoms with Crippen molar-refractivity contribution < 1.29 is 13.5 Å². The van der Waals surface area contributed by atoms with Crippen molar-refractivity contribution in [3.63, 3.8) is 0 Å². The van der Waals surface area contributed by atoms with Gasteiger partial charge in [0.15, 0.2) is 5.11 Å². The Hall–Kier alpha value is -2.22. The predicted octanol–water partition coefficient (Wildman–Crippen LogP) is 3.16. The molecule has 0 saturated heterocycles. The standard InChI is InChI=1S/C15H18F2N4OS/c1-10-11(8-18-21(10)3)9-20(2)15(23)19-12-6-4-5-7-13(12)22-14(16)17/h4-8,14H,9H2,1-3H3,(H,19,23). The lowest BCUT2D eigenvalue weighted by Crippen LogP contribution is -2.31. The van der Waals surface area contributed by atoms with Crippen LogP contribution in [-0.2, 0) is 13.6 Å². The van der Waals surface area contributed by atoms with Crippen LogP contribution in [0.3, 0.4) is 0 Å². The number of ether oxygens (including phenoxy) is 1. The monoisotopic (exact) mass is 340 g/mol.